The molecular weight excluding hydrogens is 497 g/mol. The third kappa shape index (κ3) is 5.50. The van der Waals surface area contributed by atoms with Crippen molar-refractivity contribution < 1.29 is 33.3 Å². The minimum absolute atomic E-state index is 0.0296. The molecule has 2 aliphatic rings. The molecule has 0 amide bonds. The maximum atomic E-state index is 13.8. The van der Waals surface area contributed by atoms with Crippen molar-refractivity contribution in [2.24, 2.45) is 12.0 Å². The highest BCUT2D eigenvalue weighted by Gasteiger charge is 2.36. The van der Waals surface area contributed by atoms with Crippen molar-refractivity contribution in [2.75, 3.05) is 32.9 Å². The third-order valence-electron chi connectivity index (χ3n) is 5.70. The monoisotopic (exact) mass is 521 g/mol. The molecule has 1 aromatic heterocycles. The summed E-state index contributed by atoms with van der Waals surface area (Å²) in [5.74, 6) is -0.342. The summed E-state index contributed by atoms with van der Waals surface area (Å²) in [5.41, 5.74) is 0.948. The third-order valence-corrected chi connectivity index (χ3v) is 6.03. The van der Waals surface area contributed by atoms with E-state index in [-0.39, 0.29) is 30.4 Å². The quantitative estimate of drug-likeness (QED) is 0.528. The number of morpholine rings is 1. The van der Waals surface area contributed by atoms with Crippen LogP contribution in [0.25, 0.3) is 0 Å². The average molecular weight is 522 g/mol. The van der Waals surface area contributed by atoms with Crippen LogP contribution in [-0.4, -0.2) is 76.7 Å². The van der Waals surface area contributed by atoms with Crippen molar-refractivity contribution in [1.29, 1.82) is 0 Å². The maximum absolute atomic E-state index is 13.8. The highest BCUT2D eigenvalue weighted by molar-refractivity contribution is 6.31. The van der Waals surface area contributed by atoms with Crippen LogP contribution in [0.3, 0.4) is 0 Å². The average Bonchev–Trinajstić information content (AvgIpc) is 3.25. The van der Waals surface area contributed by atoms with E-state index >= 15 is 0 Å². The number of carboxylic acid groups (broad SMARTS) is 1. The summed E-state index contributed by atoms with van der Waals surface area (Å²) < 4.78 is 31.3. The number of carbonyl (C=O) groups is 2. The number of carbonyl (C=O) groups excluding carboxylic acids is 1. The lowest BCUT2D eigenvalue weighted by molar-refractivity contribution is -0.139. The molecule has 36 heavy (non-hydrogen) atoms. The largest absolute Gasteiger partial charge is 0.507 e. The molecule has 11 nitrogen and oxygen atoms in total. The molecule has 1 fully saturated rings. The number of amidine groups is 1. The van der Waals surface area contributed by atoms with E-state index in [1.54, 1.807) is 35.8 Å². The van der Waals surface area contributed by atoms with E-state index in [1.807, 2.05) is 0 Å². The van der Waals surface area contributed by atoms with E-state index in [0.717, 1.165) is 6.07 Å². The van der Waals surface area contributed by atoms with Crippen LogP contribution >= 0.6 is 11.6 Å². The predicted octanol–water partition coefficient (Wildman–Crippen LogP) is 2.47. The number of aliphatic imine (C=N–C) groups is 1. The van der Waals surface area contributed by atoms with Gasteiger partial charge in [0.15, 0.2) is 17.9 Å². The summed E-state index contributed by atoms with van der Waals surface area (Å²) in [4.78, 5) is 35.3. The Kier molecular flexibility index (Phi) is 7.87. The van der Waals surface area contributed by atoms with E-state index < -0.39 is 30.2 Å². The number of aryl methyl sites for hydroxylation is 1. The lowest BCUT2D eigenvalue weighted by atomic mass is 9.95. The van der Waals surface area contributed by atoms with Crippen molar-refractivity contribution in [3.63, 3.8) is 0 Å². The smallest absolute Gasteiger partial charge is 0.463 e. The van der Waals surface area contributed by atoms with E-state index in [1.165, 1.54) is 12.1 Å². The molecule has 0 radical (unpaired) electrons. The molecule has 0 aliphatic carbocycles. The van der Waals surface area contributed by atoms with Gasteiger partial charge in [-0.25, -0.2) is 19.0 Å². The Morgan fingerprint density at radius 2 is 2.19 bits per heavy atom. The number of nitrogens with zero attached hydrogens (tertiary/aromatic N) is 4. The number of hydrogen-bond donors (Lipinski definition) is 2. The first kappa shape index (κ1) is 25.6. The Morgan fingerprint density at radius 3 is 2.86 bits per heavy atom. The number of hydrogen-bond acceptors (Lipinski definition) is 9. The van der Waals surface area contributed by atoms with Crippen molar-refractivity contribution in [2.45, 2.75) is 19.2 Å². The highest BCUT2D eigenvalue weighted by Crippen LogP contribution is 2.36. The summed E-state index contributed by atoms with van der Waals surface area (Å²) in [6.07, 6.45) is 1.00. The fraction of sp³-hybridized carbons (Fsp3) is 0.391. The number of esters is 1. The second-order valence-electron chi connectivity index (χ2n) is 8.03. The number of aromatic nitrogens is 2. The number of rotatable bonds is 7. The zero-order valence-corrected chi connectivity index (χ0v) is 20.4. The van der Waals surface area contributed by atoms with Crippen molar-refractivity contribution in [3.05, 3.63) is 64.1 Å². The summed E-state index contributed by atoms with van der Waals surface area (Å²) in [6.45, 7) is 2.58. The second kappa shape index (κ2) is 11.1. The van der Waals surface area contributed by atoms with Crippen LogP contribution in [0.5, 0.6) is 0 Å². The molecule has 0 spiro atoms. The minimum atomic E-state index is -1.45. The normalized spacial score (nSPS) is 20.5. The standard InChI is InChI=1S/C23H25ClFN5O6/c1-3-35-22(31)18-16(11-30-8-9-34-12-17(30)36-23(32)33)27-20(21-26-6-7-29(21)2)28-19(18)14-5-4-13(25)10-15(14)24/h4-7,10,17,19H,3,8-9,11-12H2,1-2H3,(H,27,28)(H,32,33)/t17-,19-/m0/s1. The van der Waals surface area contributed by atoms with E-state index in [2.05, 4.69) is 10.3 Å². The topological polar surface area (TPSA) is 128 Å². The van der Waals surface area contributed by atoms with Gasteiger partial charge in [0.2, 0.25) is 0 Å². The van der Waals surface area contributed by atoms with Gasteiger partial charge in [-0.1, -0.05) is 17.7 Å². The van der Waals surface area contributed by atoms with Crippen molar-refractivity contribution in [1.82, 2.24) is 19.8 Å². The molecule has 192 valence electrons. The van der Waals surface area contributed by atoms with Gasteiger partial charge in [-0.2, -0.15) is 0 Å². The van der Waals surface area contributed by atoms with Crippen LogP contribution in [0.1, 0.15) is 24.4 Å². The Bertz CT molecular complexity index is 1220. The van der Waals surface area contributed by atoms with Crippen LogP contribution in [-0.2, 0) is 26.1 Å². The van der Waals surface area contributed by atoms with Gasteiger partial charge in [0.1, 0.15) is 11.9 Å². The number of nitrogens with one attached hydrogen (secondary N) is 1. The van der Waals surface area contributed by atoms with E-state index in [0.29, 0.717) is 36.1 Å². The fourth-order valence-electron chi connectivity index (χ4n) is 4.05. The molecule has 0 saturated carbocycles. The van der Waals surface area contributed by atoms with Crippen LogP contribution in [0.4, 0.5) is 9.18 Å². The van der Waals surface area contributed by atoms with Crippen molar-refractivity contribution in [3.8, 4) is 0 Å². The Morgan fingerprint density at radius 1 is 1.39 bits per heavy atom. The van der Waals surface area contributed by atoms with Gasteiger partial charge in [0, 0.05) is 48.8 Å². The summed E-state index contributed by atoms with van der Waals surface area (Å²) >= 11 is 6.40. The minimum Gasteiger partial charge on any atom is -0.463 e. The second-order valence-corrected chi connectivity index (χ2v) is 8.44. The van der Waals surface area contributed by atoms with Crippen LogP contribution < -0.4 is 5.32 Å². The molecule has 0 bridgehead atoms. The molecule has 1 saturated heterocycles. The molecule has 1 aromatic carbocycles. The van der Waals surface area contributed by atoms with Gasteiger partial charge in [0.25, 0.3) is 0 Å². The first-order valence-electron chi connectivity index (χ1n) is 11.2. The molecule has 2 N–H and O–H groups in total. The number of imidazole rings is 1. The SMILES string of the molecule is CCOC(=O)C1=C(CN2CCOC[C@@H]2OC(=O)O)NC(c2nccn2C)=N[C@H]1c1ccc(F)cc1Cl. The predicted molar refractivity (Wildman–Crippen MR) is 126 cm³/mol. The molecule has 0 unspecified atom stereocenters. The number of ether oxygens (including phenoxy) is 3. The first-order valence-corrected chi connectivity index (χ1v) is 11.5. The fourth-order valence-corrected chi connectivity index (χ4v) is 4.32. The van der Waals surface area contributed by atoms with Crippen LogP contribution in [0.15, 0.2) is 46.9 Å². The first-order chi connectivity index (χ1) is 17.3. The van der Waals surface area contributed by atoms with Gasteiger partial charge < -0.3 is 29.2 Å². The molecule has 2 atom stereocenters. The molecule has 4 rings (SSSR count). The van der Waals surface area contributed by atoms with Gasteiger partial charge >= 0.3 is 12.1 Å². The maximum Gasteiger partial charge on any atom is 0.507 e. The summed E-state index contributed by atoms with van der Waals surface area (Å²) in [6, 6.07) is 2.91. The summed E-state index contributed by atoms with van der Waals surface area (Å²) in [5, 5.41) is 12.4. The molecule has 3 heterocycles. The van der Waals surface area contributed by atoms with Gasteiger partial charge in [-0.3, -0.25) is 9.89 Å². The lowest BCUT2D eigenvalue weighted by Gasteiger charge is -2.36. The molecule has 13 heteroatoms. The Balaban J connectivity index is 1.83. The van der Waals surface area contributed by atoms with Crippen LogP contribution in [0.2, 0.25) is 5.02 Å². The van der Waals surface area contributed by atoms with E-state index in [4.69, 9.17) is 35.9 Å². The zero-order valence-electron chi connectivity index (χ0n) is 19.6. The highest BCUT2D eigenvalue weighted by atomic mass is 35.5. The van der Waals surface area contributed by atoms with Crippen LogP contribution in [0, 0.1) is 5.82 Å². The van der Waals surface area contributed by atoms with Gasteiger partial charge in [-0.15, -0.1) is 0 Å². The lowest BCUT2D eigenvalue weighted by Crippen LogP contribution is -2.50. The molecule has 2 aliphatic heterocycles. The number of halogens is 2. The van der Waals surface area contributed by atoms with Gasteiger partial charge in [0.05, 0.1) is 25.4 Å². The molecular formula is C23H25ClFN5O6. The van der Waals surface area contributed by atoms with Gasteiger partial charge in [-0.05, 0) is 19.1 Å². The zero-order chi connectivity index (χ0) is 25.8. The van der Waals surface area contributed by atoms with E-state index in [9.17, 15) is 14.0 Å². The Labute approximate surface area is 211 Å². The Hall–Kier alpha value is -3.48. The summed E-state index contributed by atoms with van der Waals surface area (Å²) in [7, 11) is 1.79. The number of benzene rings is 1. The molecule has 2 aromatic rings. The van der Waals surface area contributed by atoms with Crippen molar-refractivity contribution >= 4 is 29.6 Å².